The molecule has 11 aromatic rings. The van der Waals surface area contributed by atoms with Gasteiger partial charge in [0, 0.05) is 54.4 Å². The molecule has 2 aliphatic rings. The lowest BCUT2D eigenvalue weighted by atomic mass is 9.82. The highest BCUT2D eigenvalue weighted by Gasteiger charge is 2.38. The lowest BCUT2D eigenvalue weighted by Crippen LogP contribution is -2.18. The van der Waals surface area contributed by atoms with Crippen LogP contribution in [0.3, 0.4) is 0 Å². The number of halogens is 2. The molecule has 0 aliphatic heterocycles. The first-order valence-corrected chi connectivity index (χ1v) is 24.9. The van der Waals surface area contributed by atoms with Gasteiger partial charge in [-0.05, 0) is 175 Å². The number of nitrogens with zero attached hydrogens (tertiary/aromatic N) is 2. The fourth-order valence-corrected chi connectivity index (χ4v) is 12.0. The van der Waals surface area contributed by atoms with Crippen LogP contribution >= 0.6 is 23.2 Å². The lowest BCUT2D eigenvalue weighted by molar-refractivity contribution is 0.660. The average Bonchev–Trinajstić information content (AvgIpc) is 3.92. The van der Waals surface area contributed by atoms with Crippen molar-refractivity contribution in [1.29, 1.82) is 0 Å². The van der Waals surface area contributed by atoms with E-state index in [1.165, 1.54) is 94.1 Å². The third kappa shape index (κ3) is 6.69. The molecule has 0 amide bonds. The Kier molecular flexibility index (Phi) is 9.69. The van der Waals surface area contributed by atoms with Gasteiger partial charge in [-0.1, -0.05) is 172 Å². The summed E-state index contributed by atoms with van der Waals surface area (Å²) in [6.07, 6.45) is 0. The molecule has 0 spiro atoms. The van der Waals surface area contributed by atoms with Gasteiger partial charge in [0.25, 0.3) is 0 Å². The fraction of sp³-hybridized carbons (Fsp3) is 0.0909. The second-order valence-electron chi connectivity index (χ2n) is 20.1. The number of hydrogen-bond acceptors (Lipinski definition) is 1. The lowest BCUT2D eigenvalue weighted by Gasteiger charge is -2.30. The Morgan fingerprint density at radius 1 is 0.329 bits per heavy atom. The summed E-state index contributed by atoms with van der Waals surface area (Å²) in [5.74, 6) is 0. The van der Waals surface area contributed by atoms with Crippen molar-refractivity contribution in [2.45, 2.75) is 38.5 Å². The predicted molar refractivity (Wildman–Crippen MR) is 297 cm³/mol. The van der Waals surface area contributed by atoms with E-state index in [0.29, 0.717) is 0 Å². The van der Waals surface area contributed by atoms with Crippen molar-refractivity contribution in [3.8, 4) is 61.3 Å². The van der Waals surface area contributed by atoms with Crippen molar-refractivity contribution in [3.63, 3.8) is 0 Å². The summed E-state index contributed by atoms with van der Waals surface area (Å²) in [6.45, 7) is 9.26. The molecule has 0 saturated heterocycles. The zero-order valence-electron chi connectivity index (χ0n) is 39.4. The zero-order chi connectivity index (χ0) is 47.5. The average molecular weight is 940 g/mol. The number of fused-ring (bicyclic) bond motifs is 9. The number of aromatic nitrogens is 1. The Hall–Kier alpha value is -7.62. The summed E-state index contributed by atoms with van der Waals surface area (Å²) >= 11 is 13.2. The van der Waals surface area contributed by atoms with Gasteiger partial charge in [0.1, 0.15) is 0 Å². The van der Waals surface area contributed by atoms with E-state index in [4.69, 9.17) is 23.2 Å². The van der Waals surface area contributed by atoms with Crippen molar-refractivity contribution < 1.29 is 0 Å². The van der Waals surface area contributed by atoms with Crippen LogP contribution in [0.1, 0.15) is 49.9 Å². The maximum absolute atomic E-state index is 6.61. The molecule has 1 aromatic heterocycles. The van der Waals surface area contributed by atoms with E-state index in [1.54, 1.807) is 0 Å². The maximum atomic E-state index is 6.61. The van der Waals surface area contributed by atoms with Crippen molar-refractivity contribution in [1.82, 2.24) is 4.57 Å². The van der Waals surface area contributed by atoms with Gasteiger partial charge in [0.15, 0.2) is 0 Å². The monoisotopic (exact) mass is 938 g/mol. The highest BCUT2D eigenvalue weighted by Crippen LogP contribution is 2.54. The standard InChI is InChI=1S/C66H48Cl2N2/c1-65(2)59-37-47(67)23-29-53(59)55-31-27-51(39-61(55)65)69(52-28-32-56-54-30-24-48(68)38-60(54)66(3,4)62(56)40-52)49-25-20-42(21-26-49)46-22-33-64-58(36-46)57-18-8-9-19-63(57)70(64)50-17-11-16-45(35-50)44-15-10-14-43(34-44)41-12-6-5-7-13-41/h5-40H,1-4H3. The second-order valence-corrected chi connectivity index (χ2v) is 20.9. The number of benzene rings is 10. The van der Waals surface area contributed by atoms with Crippen LogP contribution in [-0.2, 0) is 10.8 Å². The van der Waals surface area contributed by atoms with Crippen molar-refractivity contribution in [2.24, 2.45) is 0 Å². The Balaban J connectivity index is 0.896. The molecule has 13 rings (SSSR count). The minimum Gasteiger partial charge on any atom is -0.310 e. The number of para-hydroxylation sites is 1. The van der Waals surface area contributed by atoms with Crippen molar-refractivity contribution in [2.75, 3.05) is 4.90 Å². The van der Waals surface area contributed by atoms with Gasteiger partial charge >= 0.3 is 0 Å². The first kappa shape index (κ1) is 42.5. The van der Waals surface area contributed by atoms with E-state index in [9.17, 15) is 0 Å². The molecule has 2 nitrogen and oxygen atoms in total. The van der Waals surface area contributed by atoms with Crippen LogP contribution in [0.25, 0.3) is 83.1 Å². The SMILES string of the molecule is CC1(C)c2cc(Cl)ccc2-c2ccc(N(c3ccc(-c4ccc5c(c4)c4ccccc4n5-c4cccc(-c5cccc(-c6ccccc6)c5)c4)cc3)c3ccc4c(c3)C(C)(C)c3cc(Cl)ccc3-4)cc21. The smallest absolute Gasteiger partial charge is 0.0541 e. The van der Waals surface area contributed by atoms with Crippen LogP contribution in [0.5, 0.6) is 0 Å². The molecule has 336 valence electrons. The largest absolute Gasteiger partial charge is 0.310 e. The maximum Gasteiger partial charge on any atom is 0.0541 e. The first-order chi connectivity index (χ1) is 34.0. The van der Waals surface area contributed by atoms with Crippen LogP contribution in [0.15, 0.2) is 218 Å². The molecule has 0 saturated carbocycles. The molecule has 4 heteroatoms. The molecular weight excluding hydrogens is 892 g/mol. The van der Waals surface area contributed by atoms with Gasteiger partial charge in [0.05, 0.1) is 11.0 Å². The van der Waals surface area contributed by atoms with Gasteiger partial charge in [-0.25, -0.2) is 0 Å². The van der Waals surface area contributed by atoms with E-state index in [2.05, 4.69) is 243 Å². The summed E-state index contributed by atoms with van der Waals surface area (Å²) in [4.78, 5) is 2.42. The molecule has 0 N–H and O–H groups in total. The van der Waals surface area contributed by atoms with E-state index in [1.807, 2.05) is 12.1 Å². The summed E-state index contributed by atoms with van der Waals surface area (Å²) < 4.78 is 2.41. The summed E-state index contributed by atoms with van der Waals surface area (Å²) in [5, 5.41) is 3.98. The molecule has 0 fully saturated rings. The van der Waals surface area contributed by atoms with E-state index >= 15 is 0 Å². The van der Waals surface area contributed by atoms with Crippen LogP contribution in [-0.4, -0.2) is 4.57 Å². The fourth-order valence-electron chi connectivity index (χ4n) is 11.7. The second kappa shape index (κ2) is 16.0. The van der Waals surface area contributed by atoms with Gasteiger partial charge in [-0.2, -0.15) is 0 Å². The van der Waals surface area contributed by atoms with Crippen LogP contribution in [0.2, 0.25) is 10.0 Å². The normalized spacial score (nSPS) is 13.8. The molecule has 10 aromatic carbocycles. The topological polar surface area (TPSA) is 8.17 Å². The van der Waals surface area contributed by atoms with Crippen LogP contribution < -0.4 is 4.90 Å². The van der Waals surface area contributed by atoms with Crippen molar-refractivity contribution in [3.05, 3.63) is 251 Å². The minimum absolute atomic E-state index is 0.221. The summed E-state index contributed by atoms with van der Waals surface area (Å²) in [7, 11) is 0. The Morgan fingerprint density at radius 2 is 0.771 bits per heavy atom. The number of anilines is 3. The first-order valence-electron chi connectivity index (χ1n) is 24.1. The van der Waals surface area contributed by atoms with E-state index < -0.39 is 0 Å². The Morgan fingerprint density at radius 3 is 1.40 bits per heavy atom. The number of hydrogen-bond donors (Lipinski definition) is 0. The van der Waals surface area contributed by atoms with Gasteiger partial charge < -0.3 is 9.47 Å². The third-order valence-corrected chi connectivity index (χ3v) is 15.8. The highest BCUT2D eigenvalue weighted by atomic mass is 35.5. The number of rotatable bonds is 7. The van der Waals surface area contributed by atoms with Crippen LogP contribution in [0, 0.1) is 0 Å². The Bertz CT molecular complexity index is 3800. The summed E-state index contributed by atoms with van der Waals surface area (Å²) in [6, 6.07) is 79.8. The van der Waals surface area contributed by atoms with Gasteiger partial charge in [0.2, 0.25) is 0 Å². The Labute approximate surface area is 419 Å². The zero-order valence-corrected chi connectivity index (χ0v) is 40.9. The molecule has 70 heavy (non-hydrogen) atoms. The van der Waals surface area contributed by atoms with Crippen LogP contribution in [0.4, 0.5) is 17.1 Å². The molecule has 2 aliphatic carbocycles. The molecule has 0 radical (unpaired) electrons. The molecule has 0 unspecified atom stereocenters. The quantitative estimate of drug-likeness (QED) is 0.155. The van der Waals surface area contributed by atoms with E-state index in [-0.39, 0.29) is 10.8 Å². The minimum atomic E-state index is -0.221. The van der Waals surface area contributed by atoms with E-state index in [0.717, 1.165) is 38.4 Å². The molecule has 0 bridgehead atoms. The summed E-state index contributed by atoms with van der Waals surface area (Å²) in [5.41, 5.74) is 23.6. The van der Waals surface area contributed by atoms with Crippen molar-refractivity contribution >= 4 is 62.1 Å². The predicted octanol–water partition coefficient (Wildman–Crippen LogP) is 19.2. The molecular formula is C66H48Cl2N2. The highest BCUT2D eigenvalue weighted by molar-refractivity contribution is 6.31. The third-order valence-electron chi connectivity index (χ3n) is 15.3. The molecule has 0 atom stereocenters. The van der Waals surface area contributed by atoms with Gasteiger partial charge in [-0.15, -0.1) is 0 Å². The molecule has 1 heterocycles. The van der Waals surface area contributed by atoms with Gasteiger partial charge in [-0.3, -0.25) is 0 Å².